The van der Waals surface area contributed by atoms with E-state index in [1.807, 2.05) is 0 Å². The zero-order chi connectivity index (χ0) is 15.1. The maximum absolute atomic E-state index is 14.1. The minimum absolute atomic E-state index is 0.0329. The van der Waals surface area contributed by atoms with Gasteiger partial charge in [-0.1, -0.05) is 23.7 Å². The Morgan fingerprint density at radius 2 is 1.86 bits per heavy atom. The molecule has 108 valence electrons. The molecule has 2 nitrogen and oxygen atoms in total. The molecule has 1 heterocycles. The van der Waals surface area contributed by atoms with Gasteiger partial charge in [-0.2, -0.15) is 0 Å². The Balaban J connectivity index is 2.41. The van der Waals surface area contributed by atoms with Gasteiger partial charge < -0.3 is 0 Å². The van der Waals surface area contributed by atoms with Crippen LogP contribution in [0.3, 0.4) is 0 Å². The summed E-state index contributed by atoms with van der Waals surface area (Å²) in [5, 5.41) is -0.506. The average Bonchev–Trinajstić information content (AvgIpc) is 2.78. The number of hydrogen-bond donors (Lipinski definition) is 0. The summed E-state index contributed by atoms with van der Waals surface area (Å²) >= 11 is 11.9. The van der Waals surface area contributed by atoms with E-state index in [1.54, 1.807) is 25.1 Å². The van der Waals surface area contributed by atoms with Crippen molar-refractivity contribution in [2.24, 2.45) is 0 Å². The van der Waals surface area contributed by atoms with Gasteiger partial charge >= 0.3 is 0 Å². The molecule has 0 saturated heterocycles. The lowest BCUT2D eigenvalue weighted by molar-refractivity contribution is 0.615. The number of halogens is 4. The first kappa shape index (κ1) is 14.3. The second kappa shape index (κ2) is 5.28. The predicted octanol–water partition coefficient (Wildman–Crippen LogP) is 5.26. The molecule has 21 heavy (non-hydrogen) atoms. The van der Waals surface area contributed by atoms with E-state index in [0.717, 1.165) is 0 Å². The number of aromatic nitrogens is 2. The van der Waals surface area contributed by atoms with Gasteiger partial charge in [0.25, 0.3) is 0 Å². The van der Waals surface area contributed by atoms with Crippen molar-refractivity contribution in [1.82, 2.24) is 9.55 Å². The van der Waals surface area contributed by atoms with E-state index >= 15 is 0 Å². The zero-order valence-corrected chi connectivity index (χ0v) is 12.5. The van der Waals surface area contributed by atoms with Gasteiger partial charge in [0.15, 0.2) is 0 Å². The Kier molecular flexibility index (Phi) is 3.59. The van der Waals surface area contributed by atoms with Gasteiger partial charge in [-0.25, -0.2) is 13.8 Å². The number of alkyl halides is 1. The molecule has 3 aromatic rings. The van der Waals surface area contributed by atoms with Gasteiger partial charge in [0.05, 0.1) is 27.1 Å². The number of fused-ring (bicyclic) bond motifs is 1. The third-order valence-corrected chi connectivity index (χ3v) is 3.66. The van der Waals surface area contributed by atoms with E-state index in [1.165, 1.54) is 22.8 Å². The molecule has 0 spiro atoms. The van der Waals surface area contributed by atoms with Crippen molar-refractivity contribution in [3.8, 4) is 5.69 Å². The summed E-state index contributed by atoms with van der Waals surface area (Å²) in [4.78, 5) is 4.34. The fourth-order valence-electron chi connectivity index (χ4n) is 2.24. The molecular formula is C15H10Cl2F2N2. The van der Waals surface area contributed by atoms with Gasteiger partial charge in [-0.05, 0) is 25.1 Å². The lowest BCUT2D eigenvalue weighted by Gasteiger charge is -2.11. The molecule has 0 aliphatic rings. The third kappa shape index (κ3) is 2.39. The van der Waals surface area contributed by atoms with Crippen LogP contribution < -0.4 is 0 Å². The van der Waals surface area contributed by atoms with E-state index in [0.29, 0.717) is 16.9 Å². The third-order valence-electron chi connectivity index (χ3n) is 3.17. The molecule has 2 aromatic carbocycles. The molecule has 6 heteroatoms. The molecule has 0 fully saturated rings. The molecule has 0 aliphatic heterocycles. The Bertz CT molecular complexity index is 828. The van der Waals surface area contributed by atoms with Crippen molar-refractivity contribution in [2.45, 2.75) is 12.3 Å². The Labute approximate surface area is 129 Å². The number of rotatable bonds is 2. The molecule has 0 N–H and O–H groups in total. The molecule has 1 atom stereocenters. The standard InChI is InChI=1S/C15H10Cl2F2N2/c1-8(16)15-20-12-6-9(17)11(19)7-14(12)21(15)13-5-3-2-4-10(13)18/h2-8H,1H3. The molecule has 0 amide bonds. The Morgan fingerprint density at radius 3 is 2.52 bits per heavy atom. The monoisotopic (exact) mass is 326 g/mol. The van der Waals surface area contributed by atoms with Crippen LogP contribution in [0.5, 0.6) is 0 Å². The molecular weight excluding hydrogens is 317 g/mol. The summed E-state index contributed by atoms with van der Waals surface area (Å²) in [5.41, 5.74) is 1.15. The van der Waals surface area contributed by atoms with E-state index < -0.39 is 17.0 Å². The number of para-hydroxylation sites is 1. The lowest BCUT2D eigenvalue weighted by atomic mass is 10.2. The largest absolute Gasteiger partial charge is 0.292 e. The lowest BCUT2D eigenvalue weighted by Crippen LogP contribution is -2.04. The highest BCUT2D eigenvalue weighted by Gasteiger charge is 2.19. The van der Waals surface area contributed by atoms with Gasteiger partial charge in [0.2, 0.25) is 0 Å². The van der Waals surface area contributed by atoms with E-state index in [2.05, 4.69) is 4.98 Å². The van der Waals surface area contributed by atoms with Gasteiger partial charge in [-0.15, -0.1) is 11.6 Å². The second-order valence-electron chi connectivity index (χ2n) is 4.63. The highest BCUT2D eigenvalue weighted by atomic mass is 35.5. The second-order valence-corrected chi connectivity index (χ2v) is 5.69. The highest BCUT2D eigenvalue weighted by Crippen LogP contribution is 2.31. The highest BCUT2D eigenvalue weighted by molar-refractivity contribution is 6.31. The molecule has 1 unspecified atom stereocenters. The summed E-state index contributed by atoms with van der Waals surface area (Å²) in [6, 6.07) is 8.84. The van der Waals surface area contributed by atoms with Crippen molar-refractivity contribution in [1.29, 1.82) is 0 Å². The van der Waals surface area contributed by atoms with Crippen molar-refractivity contribution < 1.29 is 8.78 Å². The molecule has 1 aromatic heterocycles. The number of nitrogens with zero attached hydrogens (tertiary/aromatic N) is 2. The predicted molar refractivity (Wildman–Crippen MR) is 80.3 cm³/mol. The Hall–Kier alpha value is -1.65. The minimum Gasteiger partial charge on any atom is -0.292 e. The SMILES string of the molecule is CC(Cl)c1nc2cc(Cl)c(F)cc2n1-c1ccccc1F. The number of benzene rings is 2. The van der Waals surface area contributed by atoms with E-state index in [4.69, 9.17) is 23.2 Å². The summed E-state index contributed by atoms with van der Waals surface area (Å²) in [6.07, 6.45) is 0. The van der Waals surface area contributed by atoms with Crippen LogP contribution in [0.2, 0.25) is 5.02 Å². The smallest absolute Gasteiger partial charge is 0.147 e. The first-order valence-electron chi connectivity index (χ1n) is 6.25. The van der Waals surface area contributed by atoms with Crippen LogP contribution in [0.1, 0.15) is 18.1 Å². The minimum atomic E-state index is -0.588. The quantitative estimate of drug-likeness (QED) is 0.587. The van der Waals surface area contributed by atoms with Crippen molar-refractivity contribution >= 4 is 34.2 Å². The topological polar surface area (TPSA) is 17.8 Å². The normalized spacial score (nSPS) is 12.8. The van der Waals surface area contributed by atoms with Crippen LogP contribution in [-0.2, 0) is 0 Å². The van der Waals surface area contributed by atoms with Crippen molar-refractivity contribution in [3.05, 3.63) is 58.9 Å². The molecule has 0 saturated carbocycles. The van der Waals surface area contributed by atoms with Crippen LogP contribution in [0, 0.1) is 11.6 Å². The number of imidazole rings is 1. The summed E-state index contributed by atoms with van der Waals surface area (Å²) < 4.78 is 29.4. The Morgan fingerprint density at radius 1 is 1.14 bits per heavy atom. The average molecular weight is 327 g/mol. The fraction of sp³-hybridized carbons (Fsp3) is 0.133. The summed E-state index contributed by atoms with van der Waals surface area (Å²) in [6.45, 7) is 1.72. The number of hydrogen-bond acceptors (Lipinski definition) is 1. The van der Waals surface area contributed by atoms with E-state index in [9.17, 15) is 8.78 Å². The molecule has 0 bridgehead atoms. The first-order valence-corrected chi connectivity index (χ1v) is 7.07. The fourth-order valence-corrected chi connectivity index (χ4v) is 2.55. The van der Waals surface area contributed by atoms with Gasteiger partial charge in [-0.3, -0.25) is 4.57 Å². The molecule has 0 aliphatic carbocycles. The van der Waals surface area contributed by atoms with Crippen LogP contribution in [0.25, 0.3) is 16.7 Å². The zero-order valence-electron chi connectivity index (χ0n) is 10.9. The van der Waals surface area contributed by atoms with Crippen LogP contribution in [-0.4, -0.2) is 9.55 Å². The first-order chi connectivity index (χ1) is 9.99. The van der Waals surface area contributed by atoms with Gasteiger partial charge in [0, 0.05) is 6.07 Å². The summed E-state index contributed by atoms with van der Waals surface area (Å²) in [7, 11) is 0. The van der Waals surface area contributed by atoms with E-state index in [-0.39, 0.29) is 10.7 Å². The van der Waals surface area contributed by atoms with Gasteiger partial charge in [0.1, 0.15) is 17.5 Å². The van der Waals surface area contributed by atoms with Crippen molar-refractivity contribution in [3.63, 3.8) is 0 Å². The molecule has 3 rings (SSSR count). The molecule has 0 radical (unpaired) electrons. The van der Waals surface area contributed by atoms with Crippen LogP contribution in [0.15, 0.2) is 36.4 Å². The van der Waals surface area contributed by atoms with Crippen molar-refractivity contribution in [2.75, 3.05) is 0 Å². The van der Waals surface area contributed by atoms with Crippen LogP contribution >= 0.6 is 23.2 Å². The maximum atomic E-state index is 14.1. The summed E-state index contributed by atoms with van der Waals surface area (Å²) in [5.74, 6) is -0.598. The maximum Gasteiger partial charge on any atom is 0.147 e. The van der Waals surface area contributed by atoms with Crippen LogP contribution in [0.4, 0.5) is 8.78 Å².